The molecule has 0 aliphatic carbocycles. The minimum Gasteiger partial charge on any atom is -0.423 e. The van der Waals surface area contributed by atoms with E-state index in [0.29, 0.717) is 5.69 Å². The van der Waals surface area contributed by atoms with Crippen molar-refractivity contribution >= 4 is 29.2 Å². The van der Waals surface area contributed by atoms with Gasteiger partial charge in [-0.1, -0.05) is 24.3 Å². The first kappa shape index (κ1) is 14.2. The SMILES string of the molecule is C[C@@H]1Cc2ccc(-c3ccc4c(N)cnnc4c3)cc2B(O)O1. The van der Waals surface area contributed by atoms with Crippen molar-refractivity contribution in [3.8, 4) is 11.1 Å². The summed E-state index contributed by atoms with van der Waals surface area (Å²) in [5, 5.41) is 19.1. The van der Waals surface area contributed by atoms with Crippen molar-refractivity contribution in [3.63, 3.8) is 0 Å². The maximum absolute atomic E-state index is 10.2. The highest BCUT2D eigenvalue weighted by atomic mass is 16.5. The van der Waals surface area contributed by atoms with Crippen LogP contribution in [-0.2, 0) is 11.1 Å². The van der Waals surface area contributed by atoms with E-state index in [9.17, 15) is 5.02 Å². The van der Waals surface area contributed by atoms with Gasteiger partial charge in [-0.15, -0.1) is 0 Å². The van der Waals surface area contributed by atoms with Crippen molar-refractivity contribution in [2.24, 2.45) is 0 Å². The van der Waals surface area contributed by atoms with E-state index < -0.39 is 7.12 Å². The fourth-order valence-electron chi connectivity index (χ4n) is 3.10. The summed E-state index contributed by atoms with van der Waals surface area (Å²) < 4.78 is 5.51. The second-order valence-electron chi connectivity index (χ2n) is 5.95. The van der Waals surface area contributed by atoms with Gasteiger partial charge in [-0.3, -0.25) is 0 Å². The molecule has 2 aromatic carbocycles. The molecule has 0 saturated carbocycles. The zero-order valence-corrected chi connectivity index (χ0v) is 12.7. The molecular weight excluding hydrogens is 289 g/mol. The molecule has 0 unspecified atom stereocenters. The maximum Gasteiger partial charge on any atom is 0.491 e. The molecule has 6 heteroatoms. The number of benzene rings is 2. The monoisotopic (exact) mass is 305 g/mol. The summed E-state index contributed by atoms with van der Waals surface area (Å²) in [5.41, 5.74) is 11.3. The van der Waals surface area contributed by atoms with Gasteiger partial charge in [-0.2, -0.15) is 10.2 Å². The van der Waals surface area contributed by atoms with Gasteiger partial charge >= 0.3 is 7.12 Å². The Balaban J connectivity index is 1.81. The molecular formula is C17H16BN3O2. The van der Waals surface area contributed by atoms with Crippen molar-refractivity contribution in [1.29, 1.82) is 0 Å². The van der Waals surface area contributed by atoms with Crippen LogP contribution in [0.25, 0.3) is 22.0 Å². The van der Waals surface area contributed by atoms with Crippen LogP contribution < -0.4 is 11.2 Å². The van der Waals surface area contributed by atoms with E-state index in [0.717, 1.165) is 39.5 Å². The molecule has 0 amide bonds. The molecule has 23 heavy (non-hydrogen) atoms. The zero-order chi connectivity index (χ0) is 16.0. The fraction of sp³-hybridized carbons (Fsp3) is 0.176. The number of anilines is 1. The molecule has 0 saturated heterocycles. The largest absolute Gasteiger partial charge is 0.491 e. The van der Waals surface area contributed by atoms with E-state index in [2.05, 4.69) is 22.3 Å². The van der Waals surface area contributed by atoms with Crippen molar-refractivity contribution in [3.05, 3.63) is 48.2 Å². The van der Waals surface area contributed by atoms with Crippen LogP contribution in [0, 0.1) is 0 Å². The Kier molecular flexibility index (Phi) is 3.29. The van der Waals surface area contributed by atoms with E-state index in [1.165, 1.54) is 0 Å². The topological polar surface area (TPSA) is 81.3 Å². The highest BCUT2D eigenvalue weighted by Gasteiger charge is 2.28. The number of nitrogens with two attached hydrogens (primary N) is 1. The second-order valence-corrected chi connectivity index (χ2v) is 5.95. The van der Waals surface area contributed by atoms with Gasteiger partial charge in [-0.05, 0) is 47.6 Å². The average molecular weight is 305 g/mol. The first-order valence-electron chi connectivity index (χ1n) is 7.59. The summed E-state index contributed by atoms with van der Waals surface area (Å²) in [5.74, 6) is 0. The Morgan fingerprint density at radius 3 is 2.87 bits per heavy atom. The molecule has 3 aromatic rings. The quantitative estimate of drug-likeness (QED) is 0.666. The summed E-state index contributed by atoms with van der Waals surface area (Å²) in [6.45, 7) is 1.96. The van der Waals surface area contributed by atoms with Crippen LogP contribution in [-0.4, -0.2) is 28.4 Å². The lowest BCUT2D eigenvalue weighted by atomic mass is 9.71. The van der Waals surface area contributed by atoms with Crippen LogP contribution in [0.15, 0.2) is 42.6 Å². The van der Waals surface area contributed by atoms with Gasteiger partial charge in [0.1, 0.15) is 0 Å². The number of aromatic nitrogens is 2. The van der Waals surface area contributed by atoms with Gasteiger partial charge in [0.2, 0.25) is 0 Å². The summed E-state index contributed by atoms with van der Waals surface area (Å²) in [6.07, 6.45) is 2.39. The third-order valence-electron chi connectivity index (χ3n) is 4.28. The second kappa shape index (κ2) is 5.33. The molecule has 1 aliphatic heterocycles. The number of nitrogen functional groups attached to an aromatic ring is 1. The van der Waals surface area contributed by atoms with Crippen molar-refractivity contribution in [2.75, 3.05) is 5.73 Å². The van der Waals surface area contributed by atoms with E-state index in [1.54, 1.807) is 6.20 Å². The van der Waals surface area contributed by atoms with Crippen molar-refractivity contribution < 1.29 is 9.68 Å². The number of nitrogens with zero attached hydrogens (tertiary/aromatic N) is 2. The standard InChI is InChI=1S/C17H16BN3O2/c1-10-6-13-3-2-11(7-15(13)18(22)23-10)12-4-5-14-16(19)9-20-21-17(14)8-12/h2-5,7-10,22H,6H2,1H3,(H2,19,21)/t10-/m1/s1. The predicted molar refractivity (Wildman–Crippen MR) is 91.2 cm³/mol. The highest BCUT2D eigenvalue weighted by molar-refractivity contribution is 6.61. The number of rotatable bonds is 1. The van der Waals surface area contributed by atoms with Crippen LogP contribution >= 0.6 is 0 Å². The minimum absolute atomic E-state index is 0.0299. The summed E-state index contributed by atoms with van der Waals surface area (Å²) in [4.78, 5) is 0. The molecule has 5 nitrogen and oxygen atoms in total. The van der Waals surface area contributed by atoms with Gasteiger partial charge in [0.05, 0.1) is 17.4 Å². The van der Waals surface area contributed by atoms with Crippen LogP contribution in [0.2, 0.25) is 0 Å². The number of hydrogen-bond acceptors (Lipinski definition) is 5. The third kappa shape index (κ3) is 2.46. The average Bonchev–Trinajstić information content (AvgIpc) is 2.54. The van der Waals surface area contributed by atoms with Crippen molar-refractivity contribution in [2.45, 2.75) is 19.4 Å². The Morgan fingerprint density at radius 2 is 2.00 bits per heavy atom. The molecule has 1 atom stereocenters. The smallest absolute Gasteiger partial charge is 0.423 e. The first-order chi connectivity index (χ1) is 11.1. The molecule has 1 aliphatic rings. The molecule has 0 spiro atoms. The van der Waals surface area contributed by atoms with Crippen LogP contribution in [0.4, 0.5) is 5.69 Å². The molecule has 0 fully saturated rings. The Hall–Kier alpha value is -2.44. The lowest BCUT2D eigenvalue weighted by Crippen LogP contribution is -2.44. The van der Waals surface area contributed by atoms with Crippen LogP contribution in [0.1, 0.15) is 12.5 Å². The number of hydrogen-bond donors (Lipinski definition) is 2. The molecule has 0 radical (unpaired) electrons. The van der Waals surface area contributed by atoms with E-state index >= 15 is 0 Å². The van der Waals surface area contributed by atoms with Crippen LogP contribution in [0.3, 0.4) is 0 Å². The predicted octanol–water partition coefficient (Wildman–Crippen LogP) is 1.53. The van der Waals surface area contributed by atoms with Gasteiger partial charge in [0.25, 0.3) is 0 Å². The molecule has 114 valence electrons. The molecule has 3 N–H and O–H groups in total. The normalized spacial score (nSPS) is 17.3. The molecule has 2 heterocycles. The van der Waals surface area contributed by atoms with E-state index in [1.807, 2.05) is 31.2 Å². The Bertz CT molecular complexity index is 900. The minimum atomic E-state index is -0.871. The third-order valence-corrected chi connectivity index (χ3v) is 4.28. The van der Waals surface area contributed by atoms with Gasteiger partial charge < -0.3 is 15.4 Å². The summed E-state index contributed by atoms with van der Waals surface area (Å²) >= 11 is 0. The van der Waals surface area contributed by atoms with Crippen molar-refractivity contribution in [1.82, 2.24) is 10.2 Å². The maximum atomic E-state index is 10.2. The van der Waals surface area contributed by atoms with Gasteiger partial charge in [0, 0.05) is 11.5 Å². The van der Waals surface area contributed by atoms with E-state index in [-0.39, 0.29) is 6.10 Å². The first-order valence-corrected chi connectivity index (χ1v) is 7.59. The van der Waals surface area contributed by atoms with Gasteiger partial charge in [-0.25, -0.2) is 0 Å². The fourth-order valence-corrected chi connectivity index (χ4v) is 3.10. The zero-order valence-electron chi connectivity index (χ0n) is 12.7. The molecule has 0 bridgehead atoms. The summed E-state index contributed by atoms with van der Waals surface area (Å²) in [6, 6.07) is 12.0. The molecule has 1 aromatic heterocycles. The Morgan fingerprint density at radius 1 is 1.22 bits per heavy atom. The molecule has 4 rings (SSSR count). The number of fused-ring (bicyclic) bond motifs is 2. The van der Waals surface area contributed by atoms with Crippen LogP contribution in [0.5, 0.6) is 0 Å². The Labute approximate surface area is 134 Å². The van der Waals surface area contributed by atoms with Gasteiger partial charge in [0.15, 0.2) is 0 Å². The lowest BCUT2D eigenvalue weighted by molar-refractivity contribution is 0.183. The highest BCUT2D eigenvalue weighted by Crippen LogP contribution is 2.26. The van der Waals surface area contributed by atoms with E-state index in [4.69, 9.17) is 10.4 Å². The lowest BCUT2D eigenvalue weighted by Gasteiger charge is -2.25. The summed E-state index contributed by atoms with van der Waals surface area (Å²) in [7, 11) is -0.871.